The fourth-order valence-electron chi connectivity index (χ4n) is 2.23. The van der Waals surface area contributed by atoms with Gasteiger partial charge in [-0.25, -0.2) is 18.1 Å². The number of fused-ring (bicyclic) bond motifs is 1. The Kier molecular flexibility index (Phi) is 4.22. The summed E-state index contributed by atoms with van der Waals surface area (Å²) in [7, 11) is -3.52. The largest absolute Gasteiger partial charge is 0.443 e. The third-order valence-electron chi connectivity index (χ3n) is 3.39. The van der Waals surface area contributed by atoms with Gasteiger partial charge in [-0.05, 0) is 30.5 Å². The molecule has 6 heteroatoms. The van der Waals surface area contributed by atoms with Crippen LogP contribution in [0.3, 0.4) is 0 Å². The molecule has 114 valence electrons. The third kappa shape index (κ3) is 3.35. The molecular formula is C16H16N2O3S. The monoisotopic (exact) mass is 316 g/mol. The van der Waals surface area contributed by atoms with Crippen molar-refractivity contribution in [2.45, 2.75) is 17.7 Å². The highest BCUT2D eigenvalue weighted by molar-refractivity contribution is 7.89. The lowest BCUT2D eigenvalue weighted by Crippen LogP contribution is -2.25. The number of benzene rings is 2. The average Bonchev–Trinajstić information content (AvgIpc) is 3.00. The molecule has 3 aromatic rings. The van der Waals surface area contributed by atoms with E-state index in [1.165, 1.54) is 24.1 Å². The highest BCUT2D eigenvalue weighted by atomic mass is 32.2. The molecule has 0 saturated heterocycles. The van der Waals surface area contributed by atoms with E-state index in [2.05, 4.69) is 9.71 Å². The summed E-state index contributed by atoms with van der Waals surface area (Å²) in [6.45, 7) is 0.395. The molecule has 0 aliphatic heterocycles. The first kappa shape index (κ1) is 14.7. The maximum absolute atomic E-state index is 12.2. The van der Waals surface area contributed by atoms with Gasteiger partial charge in [-0.15, -0.1) is 0 Å². The fraction of sp³-hybridized carbons (Fsp3) is 0.188. The maximum atomic E-state index is 12.2. The van der Waals surface area contributed by atoms with Crippen LogP contribution in [0.5, 0.6) is 0 Å². The smallest absolute Gasteiger partial charge is 0.240 e. The number of nitrogens with one attached hydrogen (secondary N) is 1. The number of aromatic nitrogens is 1. The predicted molar refractivity (Wildman–Crippen MR) is 84.0 cm³/mol. The molecule has 1 N–H and O–H groups in total. The molecule has 0 atom stereocenters. The summed E-state index contributed by atoms with van der Waals surface area (Å²) in [6, 6.07) is 14.6. The van der Waals surface area contributed by atoms with E-state index in [0.29, 0.717) is 17.6 Å². The summed E-state index contributed by atoms with van der Waals surface area (Å²) in [4.78, 5) is 4.16. The Balaban J connectivity index is 1.61. The molecule has 0 spiro atoms. The van der Waals surface area contributed by atoms with E-state index in [1.54, 1.807) is 6.07 Å². The van der Waals surface area contributed by atoms with Crippen molar-refractivity contribution < 1.29 is 12.8 Å². The molecule has 0 radical (unpaired) electrons. The Morgan fingerprint density at radius 2 is 1.91 bits per heavy atom. The van der Waals surface area contributed by atoms with Crippen molar-refractivity contribution in [2.24, 2.45) is 0 Å². The number of hydrogen-bond donors (Lipinski definition) is 1. The quantitative estimate of drug-likeness (QED) is 0.710. The lowest BCUT2D eigenvalue weighted by Gasteiger charge is -2.06. The summed E-state index contributed by atoms with van der Waals surface area (Å²) < 4.78 is 32.2. The van der Waals surface area contributed by atoms with E-state index in [1.807, 2.05) is 30.3 Å². The predicted octanol–water partition coefficient (Wildman–Crippen LogP) is 2.74. The van der Waals surface area contributed by atoms with Crippen LogP contribution in [0, 0.1) is 0 Å². The van der Waals surface area contributed by atoms with Crippen molar-refractivity contribution in [3.8, 4) is 0 Å². The van der Waals surface area contributed by atoms with Gasteiger partial charge >= 0.3 is 0 Å². The van der Waals surface area contributed by atoms with Gasteiger partial charge in [-0.3, -0.25) is 0 Å². The van der Waals surface area contributed by atoms with Crippen molar-refractivity contribution >= 4 is 21.1 Å². The number of oxazole rings is 1. The summed E-state index contributed by atoms with van der Waals surface area (Å²) in [5, 5.41) is 0. The molecule has 0 amide bonds. The van der Waals surface area contributed by atoms with Crippen molar-refractivity contribution in [3.63, 3.8) is 0 Å². The van der Waals surface area contributed by atoms with Crippen LogP contribution in [0.15, 0.2) is 64.2 Å². The molecule has 0 aliphatic carbocycles. The highest BCUT2D eigenvalue weighted by Gasteiger charge is 2.14. The van der Waals surface area contributed by atoms with Gasteiger partial charge in [0, 0.05) is 12.6 Å². The van der Waals surface area contributed by atoms with Gasteiger partial charge in [0.25, 0.3) is 0 Å². The minimum atomic E-state index is -3.52. The number of rotatable bonds is 6. The zero-order valence-corrected chi connectivity index (χ0v) is 12.7. The van der Waals surface area contributed by atoms with E-state index < -0.39 is 10.0 Å². The van der Waals surface area contributed by atoms with Gasteiger partial charge in [0.05, 0.1) is 4.90 Å². The molecule has 0 aliphatic rings. The topological polar surface area (TPSA) is 72.2 Å². The van der Waals surface area contributed by atoms with Gasteiger partial charge in [0.15, 0.2) is 12.0 Å². The SMILES string of the molecule is O=S(=O)(NCCCc1ccccc1)c1ccc2ncoc2c1. The van der Waals surface area contributed by atoms with Crippen molar-refractivity contribution in [1.82, 2.24) is 9.71 Å². The van der Waals surface area contributed by atoms with Crippen LogP contribution in [0.4, 0.5) is 0 Å². The minimum absolute atomic E-state index is 0.191. The van der Waals surface area contributed by atoms with Crippen LogP contribution in [0.25, 0.3) is 11.1 Å². The Labute approximate surface area is 129 Å². The highest BCUT2D eigenvalue weighted by Crippen LogP contribution is 2.17. The molecule has 0 saturated carbocycles. The van der Waals surface area contributed by atoms with Crippen LogP contribution >= 0.6 is 0 Å². The maximum Gasteiger partial charge on any atom is 0.240 e. The number of nitrogens with zero attached hydrogens (tertiary/aromatic N) is 1. The van der Waals surface area contributed by atoms with E-state index in [9.17, 15) is 8.42 Å². The van der Waals surface area contributed by atoms with Crippen molar-refractivity contribution in [2.75, 3.05) is 6.54 Å². The van der Waals surface area contributed by atoms with Gasteiger partial charge in [0.1, 0.15) is 5.52 Å². The normalized spacial score (nSPS) is 11.8. The van der Waals surface area contributed by atoms with Crippen LogP contribution in [0.2, 0.25) is 0 Å². The van der Waals surface area contributed by atoms with Crippen LogP contribution in [0.1, 0.15) is 12.0 Å². The lowest BCUT2D eigenvalue weighted by molar-refractivity contribution is 0.577. The van der Waals surface area contributed by atoms with Gasteiger partial charge in [-0.2, -0.15) is 0 Å². The molecule has 0 bridgehead atoms. The number of sulfonamides is 1. The Hall–Kier alpha value is -2.18. The zero-order valence-electron chi connectivity index (χ0n) is 11.9. The second-order valence-electron chi connectivity index (χ2n) is 4.97. The molecule has 0 unspecified atom stereocenters. The summed E-state index contributed by atoms with van der Waals surface area (Å²) in [5.41, 5.74) is 2.31. The van der Waals surface area contributed by atoms with Gasteiger partial charge < -0.3 is 4.42 Å². The Morgan fingerprint density at radius 1 is 1.09 bits per heavy atom. The minimum Gasteiger partial charge on any atom is -0.443 e. The van der Waals surface area contributed by atoms with E-state index in [-0.39, 0.29) is 4.90 Å². The molecular weight excluding hydrogens is 300 g/mol. The first-order valence-electron chi connectivity index (χ1n) is 7.02. The van der Waals surface area contributed by atoms with Gasteiger partial charge in [-0.1, -0.05) is 30.3 Å². The van der Waals surface area contributed by atoms with E-state index in [0.717, 1.165) is 12.8 Å². The third-order valence-corrected chi connectivity index (χ3v) is 4.85. The fourth-order valence-corrected chi connectivity index (χ4v) is 3.32. The first-order chi connectivity index (χ1) is 10.6. The zero-order chi connectivity index (χ0) is 15.4. The summed E-state index contributed by atoms with van der Waals surface area (Å²) in [6.07, 6.45) is 2.88. The molecule has 5 nitrogen and oxygen atoms in total. The lowest BCUT2D eigenvalue weighted by atomic mass is 10.1. The molecule has 2 aromatic carbocycles. The second kappa shape index (κ2) is 6.29. The Morgan fingerprint density at radius 3 is 2.73 bits per heavy atom. The Bertz CT molecular complexity index is 857. The molecule has 0 fully saturated rings. The van der Waals surface area contributed by atoms with Crippen molar-refractivity contribution in [3.05, 3.63) is 60.5 Å². The molecule has 22 heavy (non-hydrogen) atoms. The van der Waals surface area contributed by atoms with Crippen LogP contribution in [-0.2, 0) is 16.4 Å². The standard InChI is InChI=1S/C16H16N2O3S/c19-22(20,14-8-9-15-16(11-14)21-12-17-15)18-10-4-7-13-5-2-1-3-6-13/h1-3,5-6,8-9,11-12,18H,4,7,10H2. The summed E-state index contributed by atoms with van der Waals surface area (Å²) in [5.74, 6) is 0. The van der Waals surface area contributed by atoms with E-state index >= 15 is 0 Å². The number of aryl methyl sites for hydroxylation is 1. The first-order valence-corrected chi connectivity index (χ1v) is 8.50. The second-order valence-corrected chi connectivity index (χ2v) is 6.74. The molecule has 1 aromatic heterocycles. The number of hydrogen-bond acceptors (Lipinski definition) is 4. The van der Waals surface area contributed by atoms with Crippen molar-refractivity contribution in [1.29, 1.82) is 0 Å². The van der Waals surface area contributed by atoms with Gasteiger partial charge in [0.2, 0.25) is 10.0 Å². The molecule has 3 rings (SSSR count). The molecule has 1 heterocycles. The van der Waals surface area contributed by atoms with E-state index in [4.69, 9.17) is 4.42 Å². The summed E-state index contributed by atoms with van der Waals surface area (Å²) >= 11 is 0. The average molecular weight is 316 g/mol. The van der Waals surface area contributed by atoms with Crippen LogP contribution in [-0.4, -0.2) is 19.9 Å². The van der Waals surface area contributed by atoms with Crippen LogP contribution < -0.4 is 4.72 Å².